The Labute approximate surface area is 141 Å². The second-order valence-electron chi connectivity index (χ2n) is 6.68. The molecule has 0 aromatic carbocycles. The van der Waals surface area contributed by atoms with Crippen LogP contribution in [0.3, 0.4) is 0 Å². The number of hydrogen-bond donors (Lipinski definition) is 0. The third-order valence-electron chi connectivity index (χ3n) is 4.98. The molecule has 0 aliphatic carbocycles. The van der Waals surface area contributed by atoms with Crippen molar-refractivity contribution in [3.8, 4) is 0 Å². The first-order chi connectivity index (χ1) is 11.6. The molecule has 2 aromatic heterocycles. The van der Waals surface area contributed by atoms with Crippen molar-refractivity contribution in [3.63, 3.8) is 0 Å². The first kappa shape index (κ1) is 15.3. The fraction of sp³-hybridized carbons (Fsp3) is 0.625. The number of carbonyl (C=O) groups is 1. The molecular weight excluding hydrogens is 306 g/mol. The molecule has 1 fully saturated rings. The summed E-state index contributed by atoms with van der Waals surface area (Å²) >= 11 is 0. The van der Waals surface area contributed by atoms with Gasteiger partial charge in [0.15, 0.2) is 11.9 Å². The van der Waals surface area contributed by atoms with E-state index in [0.717, 1.165) is 56.2 Å². The number of hydrogen-bond acceptors (Lipinski definition) is 5. The number of carbonyl (C=O) groups excluding carboxylic acids is 1. The molecule has 0 spiro atoms. The molecule has 8 nitrogen and oxygen atoms in total. The molecule has 4 heterocycles. The Balaban J connectivity index is 1.65. The normalized spacial score (nSPS) is 21.2. The van der Waals surface area contributed by atoms with E-state index >= 15 is 0 Å². The van der Waals surface area contributed by atoms with Crippen LogP contribution in [0.5, 0.6) is 0 Å². The predicted octanol–water partition coefficient (Wildman–Crippen LogP) is 0.499. The van der Waals surface area contributed by atoms with Crippen LogP contribution < -0.4 is 0 Å². The van der Waals surface area contributed by atoms with Crippen LogP contribution in [0.4, 0.5) is 0 Å². The fourth-order valence-electron chi connectivity index (χ4n) is 3.73. The average molecular weight is 329 g/mol. The number of aromatic nitrogens is 5. The Morgan fingerprint density at radius 3 is 2.71 bits per heavy atom. The van der Waals surface area contributed by atoms with Gasteiger partial charge in [-0.25, -0.2) is 0 Å². The summed E-state index contributed by atoms with van der Waals surface area (Å²) in [6.45, 7) is 5.98. The summed E-state index contributed by atoms with van der Waals surface area (Å²) < 4.78 is 3.88. The summed E-state index contributed by atoms with van der Waals surface area (Å²) in [6.07, 6.45) is 6.05. The lowest BCUT2D eigenvalue weighted by atomic mass is 10.1. The highest BCUT2D eigenvalue weighted by molar-refractivity contribution is 5.83. The van der Waals surface area contributed by atoms with E-state index in [9.17, 15) is 4.79 Å². The van der Waals surface area contributed by atoms with E-state index in [0.29, 0.717) is 6.54 Å². The summed E-state index contributed by atoms with van der Waals surface area (Å²) in [7, 11) is 1.91. The molecular formula is C16H23N7O. The van der Waals surface area contributed by atoms with Crippen LogP contribution in [-0.4, -0.2) is 59.9 Å². The number of aryl methyl sites for hydroxylation is 2. The molecule has 1 amide bonds. The van der Waals surface area contributed by atoms with Crippen molar-refractivity contribution in [2.45, 2.75) is 38.9 Å². The largest absolute Gasteiger partial charge is 0.341 e. The fourth-order valence-corrected chi connectivity index (χ4v) is 3.73. The molecule has 0 radical (unpaired) electrons. The Morgan fingerprint density at radius 2 is 2.00 bits per heavy atom. The highest BCUT2D eigenvalue weighted by atomic mass is 16.2. The molecule has 0 bridgehead atoms. The van der Waals surface area contributed by atoms with Crippen molar-refractivity contribution in [2.24, 2.45) is 7.05 Å². The van der Waals surface area contributed by atoms with Gasteiger partial charge in [0.05, 0.1) is 6.20 Å². The Hall–Kier alpha value is -2.22. The van der Waals surface area contributed by atoms with E-state index in [1.165, 1.54) is 0 Å². The maximum Gasteiger partial charge on any atom is 0.247 e. The predicted molar refractivity (Wildman–Crippen MR) is 86.9 cm³/mol. The second kappa shape index (κ2) is 6.01. The third-order valence-corrected chi connectivity index (χ3v) is 4.98. The van der Waals surface area contributed by atoms with Gasteiger partial charge in [-0.05, 0) is 19.8 Å². The molecule has 24 heavy (non-hydrogen) atoms. The zero-order valence-electron chi connectivity index (χ0n) is 14.2. The van der Waals surface area contributed by atoms with Gasteiger partial charge in [-0.15, -0.1) is 10.2 Å². The molecule has 128 valence electrons. The van der Waals surface area contributed by atoms with Crippen molar-refractivity contribution in [2.75, 3.05) is 19.6 Å². The van der Waals surface area contributed by atoms with Crippen LogP contribution in [0.2, 0.25) is 0 Å². The molecule has 1 saturated heterocycles. The van der Waals surface area contributed by atoms with Gasteiger partial charge in [0.2, 0.25) is 5.91 Å². The van der Waals surface area contributed by atoms with Crippen LogP contribution in [0.25, 0.3) is 0 Å². The van der Waals surface area contributed by atoms with E-state index in [-0.39, 0.29) is 11.9 Å². The third kappa shape index (κ3) is 2.60. The molecule has 2 aliphatic rings. The van der Waals surface area contributed by atoms with E-state index in [1.54, 1.807) is 4.68 Å². The van der Waals surface area contributed by atoms with E-state index < -0.39 is 0 Å². The van der Waals surface area contributed by atoms with Gasteiger partial charge in [-0.3, -0.25) is 14.4 Å². The van der Waals surface area contributed by atoms with Crippen molar-refractivity contribution in [3.05, 3.63) is 29.6 Å². The number of fused-ring (bicyclic) bond motifs is 1. The van der Waals surface area contributed by atoms with Crippen molar-refractivity contribution < 1.29 is 4.79 Å². The molecule has 8 heteroatoms. The Bertz CT molecular complexity index is 743. The van der Waals surface area contributed by atoms with Gasteiger partial charge in [0.25, 0.3) is 0 Å². The van der Waals surface area contributed by atoms with E-state index in [4.69, 9.17) is 0 Å². The number of nitrogens with zero attached hydrogens (tertiary/aromatic N) is 7. The maximum absolute atomic E-state index is 13.2. The van der Waals surface area contributed by atoms with Gasteiger partial charge in [0, 0.05) is 51.5 Å². The summed E-state index contributed by atoms with van der Waals surface area (Å²) in [6, 6.07) is -0.349. The van der Waals surface area contributed by atoms with Crippen molar-refractivity contribution in [1.82, 2.24) is 34.3 Å². The smallest absolute Gasteiger partial charge is 0.247 e. The van der Waals surface area contributed by atoms with Crippen LogP contribution >= 0.6 is 0 Å². The lowest BCUT2D eigenvalue weighted by Gasteiger charge is -2.36. The second-order valence-corrected chi connectivity index (χ2v) is 6.68. The highest BCUT2D eigenvalue weighted by Crippen LogP contribution is 2.29. The highest BCUT2D eigenvalue weighted by Gasteiger charge is 2.39. The quantitative estimate of drug-likeness (QED) is 0.820. The zero-order chi connectivity index (χ0) is 16.7. The van der Waals surface area contributed by atoms with Crippen LogP contribution in [0.15, 0.2) is 12.4 Å². The first-order valence-corrected chi connectivity index (χ1v) is 8.53. The Morgan fingerprint density at radius 1 is 1.21 bits per heavy atom. The first-order valence-electron chi connectivity index (χ1n) is 8.53. The minimum absolute atomic E-state index is 0.157. The lowest BCUT2D eigenvalue weighted by molar-refractivity contribution is -0.137. The molecule has 2 aliphatic heterocycles. The monoisotopic (exact) mass is 329 g/mol. The Kier molecular flexibility index (Phi) is 3.84. The van der Waals surface area contributed by atoms with E-state index in [1.807, 2.05) is 31.3 Å². The minimum atomic E-state index is -0.349. The summed E-state index contributed by atoms with van der Waals surface area (Å²) in [5, 5.41) is 12.8. The molecule has 1 atom stereocenters. The zero-order valence-corrected chi connectivity index (χ0v) is 14.2. The van der Waals surface area contributed by atoms with Crippen LogP contribution in [-0.2, 0) is 24.9 Å². The molecule has 0 N–H and O–H groups in total. The number of likely N-dealkylation sites (tertiary alicyclic amines) is 1. The number of amides is 1. The van der Waals surface area contributed by atoms with Gasteiger partial charge in [-0.1, -0.05) is 0 Å². The van der Waals surface area contributed by atoms with Gasteiger partial charge in [0.1, 0.15) is 5.82 Å². The lowest BCUT2D eigenvalue weighted by Crippen LogP contribution is -2.47. The van der Waals surface area contributed by atoms with Crippen molar-refractivity contribution >= 4 is 5.91 Å². The molecule has 1 unspecified atom stereocenters. The minimum Gasteiger partial charge on any atom is -0.341 e. The SMILES string of the molecule is Cc1nnc2n1CCN(Cc1cnn(C)c1)C2C(=O)N1CCCC1. The van der Waals surface area contributed by atoms with Gasteiger partial charge in [-0.2, -0.15) is 5.10 Å². The van der Waals surface area contributed by atoms with Crippen LogP contribution in [0, 0.1) is 6.92 Å². The summed E-state index contributed by atoms with van der Waals surface area (Å²) in [5.74, 6) is 1.81. The summed E-state index contributed by atoms with van der Waals surface area (Å²) in [5.41, 5.74) is 1.11. The average Bonchev–Trinajstić information content (AvgIpc) is 3.29. The van der Waals surface area contributed by atoms with Crippen molar-refractivity contribution in [1.29, 1.82) is 0 Å². The molecule has 4 rings (SSSR count). The van der Waals surface area contributed by atoms with Gasteiger partial charge >= 0.3 is 0 Å². The standard InChI is InChI=1S/C16H23N7O/c1-12-18-19-15-14(16(24)21-5-3-4-6-21)22(7-8-23(12)15)11-13-9-17-20(2)10-13/h9-10,14H,3-8,11H2,1-2H3. The molecule has 0 saturated carbocycles. The van der Waals surface area contributed by atoms with E-state index in [2.05, 4.69) is 24.8 Å². The summed E-state index contributed by atoms with van der Waals surface area (Å²) in [4.78, 5) is 17.3. The topological polar surface area (TPSA) is 72.1 Å². The number of rotatable bonds is 3. The van der Waals surface area contributed by atoms with Crippen LogP contribution in [0.1, 0.15) is 36.1 Å². The maximum atomic E-state index is 13.2. The molecule has 2 aromatic rings. The van der Waals surface area contributed by atoms with Gasteiger partial charge < -0.3 is 9.47 Å².